The van der Waals surface area contributed by atoms with E-state index in [0.29, 0.717) is 0 Å². The molecule has 0 spiro atoms. The number of hydrogen-bond acceptors (Lipinski definition) is 0. The van der Waals surface area contributed by atoms with Crippen molar-refractivity contribution in [2.45, 2.75) is 162 Å². The summed E-state index contributed by atoms with van der Waals surface area (Å²) in [6.07, 6.45) is 1.27. The van der Waals surface area contributed by atoms with Gasteiger partial charge in [-0.15, -0.1) is 0 Å². The van der Waals surface area contributed by atoms with Gasteiger partial charge in [-0.1, -0.05) is 0 Å². The van der Waals surface area contributed by atoms with E-state index in [9.17, 15) is 0 Å². The van der Waals surface area contributed by atoms with Gasteiger partial charge in [0.25, 0.3) is 0 Å². The summed E-state index contributed by atoms with van der Waals surface area (Å²) < 4.78 is 3.73. The molecule has 5 atom stereocenters. The van der Waals surface area contributed by atoms with Gasteiger partial charge in [-0.2, -0.15) is 0 Å². The average molecular weight is 781 g/mol. The Morgan fingerprint density at radius 3 is 1.26 bits per heavy atom. The van der Waals surface area contributed by atoms with Crippen LogP contribution in [-0.2, 0) is 33.2 Å². The van der Waals surface area contributed by atoms with Crippen LogP contribution in [0.15, 0.2) is 102 Å². The number of benzene rings is 2. The Morgan fingerprint density at radius 2 is 0.920 bits per heavy atom. The SMILES string of the molecule is CC1=C(C)C(C)([Si](C)(c2ccccc2)C(C)(C)C)[C]([Ti]([CH3])([CH3])[CH3])=C1C.CCC(C)[Si](C)(c1ccccc1)C1(C)C(C)=C(C)C(C)=[C]1[Ti]([CH3])([CH3])[CH3]. The fourth-order valence-corrected chi connectivity index (χ4v) is 37.0. The summed E-state index contributed by atoms with van der Waals surface area (Å²) >= 11 is -4.03. The Labute approximate surface area is 320 Å². The van der Waals surface area contributed by atoms with Gasteiger partial charge in [0.05, 0.1) is 0 Å². The van der Waals surface area contributed by atoms with Crippen molar-refractivity contribution in [3.05, 3.63) is 102 Å². The third-order valence-electron chi connectivity index (χ3n) is 14.9. The van der Waals surface area contributed by atoms with Crippen LogP contribution in [-0.4, -0.2) is 16.1 Å². The van der Waals surface area contributed by atoms with Gasteiger partial charge in [0.2, 0.25) is 0 Å². The molecule has 0 nitrogen and oxygen atoms in total. The molecule has 50 heavy (non-hydrogen) atoms. The summed E-state index contributed by atoms with van der Waals surface area (Å²) in [5, 5.41) is 19.6. The molecule has 4 rings (SSSR count). The molecular weight excluding hydrogens is 704 g/mol. The molecule has 2 aromatic carbocycles. The van der Waals surface area contributed by atoms with Gasteiger partial charge in [0.1, 0.15) is 0 Å². The molecule has 0 N–H and O–H groups in total. The molecule has 2 aliphatic rings. The van der Waals surface area contributed by atoms with Crippen molar-refractivity contribution in [2.75, 3.05) is 0 Å². The van der Waals surface area contributed by atoms with E-state index in [4.69, 9.17) is 0 Å². The summed E-state index contributed by atoms with van der Waals surface area (Å²) in [4.78, 5) is 0. The van der Waals surface area contributed by atoms with Crippen molar-refractivity contribution in [2.24, 2.45) is 0 Å². The Kier molecular flexibility index (Phi) is 13.0. The predicted octanol–water partition coefficient (Wildman–Crippen LogP) is 14.9. The molecule has 0 bridgehead atoms. The van der Waals surface area contributed by atoms with Gasteiger partial charge in [-0.25, -0.2) is 0 Å². The molecule has 2 aromatic rings. The topological polar surface area (TPSA) is 0 Å². The minimum atomic E-state index is -2.02. The molecule has 0 aromatic heterocycles. The molecule has 0 saturated carbocycles. The zero-order valence-electron chi connectivity index (χ0n) is 36.6. The van der Waals surface area contributed by atoms with Crippen LogP contribution in [0.4, 0.5) is 0 Å². The van der Waals surface area contributed by atoms with Gasteiger partial charge >= 0.3 is 323 Å². The zero-order chi connectivity index (χ0) is 38.6. The first kappa shape index (κ1) is 43.7. The molecule has 0 amide bonds. The van der Waals surface area contributed by atoms with E-state index in [0.717, 1.165) is 5.54 Å². The second-order valence-corrected chi connectivity index (χ2v) is 45.8. The van der Waals surface area contributed by atoms with Gasteiger partial charge in [-0.05, 0) is 0 Å². The Morgan fingerprint density at radius 1 is 0.580 bits per heavy atom. The standard InChI is InChI=1S/2C20H29Si.6CH3.2Ti/c1-15-14-20(7,17(3)16(15)2)21(8,19(4,5)6)18-12-10-9-11-13-18;1-8-16(3)21(7,19-12-10-9-11-13-19)20(6)14-15(2)17(4)18(20)5;;;;;;;;/h9-13H,1-8H3;9-13,16H,8H2,1-7H3;6*1H3;;. The third kappa shape index (κ3) is 6.77. The quantitative estimate of drug-likeness (QED) is 0.234. The molecule has 0 radical (unpaired) electrons. The maximum atomic E-state index is 2.68. The van der Waals surface area contributed by atoms with E-state index in [-0.39, 0.29) is 15.1 Å². The summed E-state index contributed by atoms with van der Waals surface area (Å²) in [7, 11) is -3.72. The summed E-state index contributed by atoms with van der Waals surface area (Å²) in [5.74, 6) is 0. The van der Waals surface area contributed by atoms with E-state index in [2.05, 4.69) is 195 Å². The van der Waals surface area contributed by atoms with E-state index in [1.54, 1.807) is 43.8 Å². The number of allylic oxidation sites excluding steroid dienone is 8. The first-order valence-corrected chi connectivity index (χ1v) is 35.6. The first-order valence-electron chi connectivity index (χ1n) is 19.6. The summed E-state index contributed by atoms with van der Waals surface area (Å²) in [6.45, 7) is 37.4. The predicted molar refractivity (Wildman–Crippen MR) is 229 cm³/mol. The van der Waals surface area contributed by atoms with Gasteiger partial charge in [0, 0.05) is 0 Å². The van der Waals surface area contributed by atoms with Crippen molar-refractivity contribution in [3.8, 4) is 0 Å². The average Bonchev–Trinajstić information content (AvgIpc) is 3.34. The molecule has 0 aliphatic heterocycles. The molecule has 0 fully saturated rings. The summed E-state index contributed by atoms with van der Waals surface area (Å²) in [6, 6.07) is 23.0. The van der Waals surface area contributed by atoms with E-state index in [1.807, 2.05) is 7.76 Å². The van der Waals surface area contributed by atoms with Gasteiger partial charge < -0.3 is 0 Å². The van der Waals surface area contributed by atoms with Crippen molar-refractivity contribution >= 4 is 26.5 Å². The Balaban J connectivity index is 0.000000270. The van der Waals surface area contributed by atoms with E-state index in [1.165, 1.54) is 6.42 Å². The Bertz CT molecular complexity index is 1690. The van der Waals surface area contributed by atoms with Crippen molar-refractivity contribution in [3.63, 3.8) is 0 Å². The molecule has 0 saturated heterocycles. The van der Waals surface area contributed by atoms with Crippen LogP contribution >= 0.6 is 0 Å². The van der Waals surface area contributed by atoms with Gasteiger partial charge in [0.15, 0.2) is 0 Å². The van der Waals surface area contributed by atoms with Crippen LogP contribution in [0.25, 0.3) is 0 Å². The van der Waals surface area contributed by atoms with Crippen LogP contribution < -0.4 is 10.4 Å². The second-order valence-electron chi connectivity index (χ2n) is 19.9. The van der Waals surface area contributed by atoms with Crippen LogP contribution in [0, 0.1) is 0 Å². The van der Waals surface area contributed by atoms with Crippen LogP contribution in [0.5, 0.6) is 0 Å². The van der Waals surface area contributed by atoms with Gasteiger partial charge in [-0.3, -0.25) is 0 Å². The number of hydrogen-bond donors (Lipinski definition) is 0. The number of rotatable bonds is 8. The normalized spacial score (nSPS) is 25.1. The molecular formula is C46H76Si2Ti2. The van der Waals surface area contributed by atoms with Crippen LogP contribution in [0.1, 0.15) is 96.4 Å². The maximum absolute atomic E-state index is 2.68. The fourth-order valence-electron chi connectivity index (χ4n) is 11.2. The van der Waals surface area contributed by atoms with E-state index < -0.39 is 49.3 Å². The third-order valence-corrected chi connectivity index (χ3v) is 36.8. The fraction of sp³-hybridized carbons (Fsp3) is 0.565. The monoisotopic (exact) mass is 780 g/mol. The zero-order valence-corrected chi connectivity index (χ0v) is 41.7. The molecule has 2 aliphatic carbocycles. The molecule has 276 valence electrons. The summed E-state index contributed by atoms with van der Waals surface area (Å²) in [5.41, 5.74) is 10.5. The van der Waals surface area contributed by atoms with Crippen molar-refractivity contribution in [1.29, 1.82) is 0 Å². The molecule has 4 heteroatoms. The minimum absolute atomic E-state index is 0.221. The molecule has 0 heterocycles. The van der Waals surface area contributed by atoms with Crippen LogP contribution in [0.3, 0.4) is 0 Å². The second kappa shape index (κ2) is 14.8. The van der Waals surface area contributed by atoms with Crippen molar-refractivity contribution < 1.29 is 33.2 Å². The Hall–Kier alpha value is -0.738. The molecule has 5 unspecified atom stereocenters. The van der Waals surface area contributed by atoms with Crippen LogP contribution in [0.2, 0.25) is 65.1 Å². The van der Waals surface area contributed by atoms with E-state index >= 15 is 0 Å². The first-order chi connectivity index (χ1) is 22.6. The van der Waals surface area contributed by atoms with Crippen molar-refractivity contribution in [1.82, 2.24) is 0 Å².